The number of aliphatic hydroxyl groups is 1. The Bertz CT molecular complexity index is 189. The molecule has 1 rings (SSSR count). The van der Waals surface area contributed by atoms with Crippen LogP contribution in [0.5, 0.6) is 0 Å². The summed E-state index contributed by atoms with van der Waals surface area (Å²) < 4.78 is 0. The van der Waals surface area contributed by atoms with E-state index in [2.05, 4.69) is 30.8 Å². The van der Waals surface area contributed by atoms with E-state index in [1.54, 1.807) is 0 Å². The molecule has 1 heterocycles. The van der Waals surface area contributed by atoms with E-state index in [0.29, 0.717) is 0 Å². The van der Waals surface area contributed by atoms with Gasteiger partial charge in [-0.1, -0.05) is 6.92 Å². The summed E-state index contributed by atoms with van der Waals surface area (Å²) in [6.45, 7) is 6.97. The zero-order valence-electron chi connectivity index (χ0n) is 11.9. The van der Waals surface area contributed by atoms with Crippen molar-refractivity contribution in [2.24, 2.45) is 5.92 Å². The van der Waals surface area contributed by atoms with Crippen molar-refractivity contribution in [3.63, 3.8) is 0 Å². The summed E-state index contributed by atoms with van der Waals surface area (Å²) in [6.07, 6.45) is 5.61. The highest BCUT2D eigenvalue weighted by atomic mass is 16.3. The number of likely N-dealkylation sites (tertiary alicyclic amines) is 1. The fraction of sp³-hybridized carbons (Fsp3) is 1.00. The summed E-state index contributed by atoms with van der Waals surface area (Å²) in [7, 11) is 4.33. The smallest absolute Gasteiger partial charge is 0.0538 e. The molecule has 0 aliphatic carbocycles. The minimum atomic E-state index is -0.0821. The standard InChI is InChI=1S/C14H30N2O/c1-4-14(17)6-5-9-16-10-7-13(8-11-16)12-15(2)3/h13-14,17H,4-12H2,1-3H3. The third kappa shape index (κ3) is 6.39. The molecular weight excluding hydrogens is 212 g/mol. The second-order valence-corrected chi connectivity index (χ2v) is 5.75. The molecule has 1 aliphatic rings. The van der Waals surface area contributed by atoms with Gasteiger partial charge in [0.2, 0.25) is 0 Å². The number of hydrogen-bond acceptors (Lipinski definition) is 3. The van der Waals surface area contributed by atoms with Crippen LogP contribution in [-0.2, 0) is 0 Å². The van der Waals surface area contributed by atoms with Gasteiger partial charge in [0.1, 0.15) is 0 Å². The second-order valence-electron chi connectivity index (χ2n) is 5.75. The highest BCUT2D eigenvalue weighted by Gasteiger charge is 2.19. The molecule has 0 aromatic carbocycles. The van der Waals surface area contributed by atoms with Crippen molar-refractivity contribution in [1.82, 2.24) is 9.80 Å². The fourth-order valence-electron chi connectivity index (χ4n) is 2.66. The van der Waals surface area contributed by atoms with Gasteiger partial charge in [-0.3, -0.25) is 0 Å². The Morgan fingerprint density at radius 2 is 1.94 bits per heavy atom. The van der Waals surface area contributed by atoms with Crippen molar-refractivity contribution in [3.05, 3.63) is 0 Å². The molecule has 0 spiro atoms. The molecule has 0 aromatic rings. The third-order valence-corrected chi connectivity index (χ3v) is 3.81. The molecule has 0 aromatic heterocycles. The first-order valence-electron chi connectivity index (χ1n) is 7.17. The number of aliphatic hydroxyl groups excluding tert-OH is 1. The molecule has 102 valence electrons. The fourth-order valence-corrected chi connectivity index (χ4v) is 2.66. The first kappa shape index (κ1) is 14.9. The van der Waals surface area contributed by atoms with E-state index in [1.165, 1.54) is 39.0 Å². The van der Waals surface area contributed by atoms with Gasteiger partial charge < -0.3 is 14.9 Å². The molecule has 1 saturated heterocycles. The van der Waals surface area contributed by atoms with Gasteiger partial charge in [0.25, 0.3) is 0 Å². The maximum Gasteiger partial charge on any atom is 0.0538 e. The first-order chi connectivity index (χ1) is 8.11. The van der Waals surface area contributed by atoms with E-state index in [1.807, 2.05) is 0 Å². The van der Waals surface area contributed by atoms with E-state index < -0.39 is 0 Å². The van der Waals surface area contributed by atoms with E-state index >= 15 is 0 Å². The van der Waals surface area contributed by atoms with E-state index in [-0.39, 0.29) is 6.10 Å². The van der Waals surface area contributed by atoms with Gasteiger partial charge in [-0.15, -0.1) is 0 Å². The molecule has 1 N–H and O–H groups in total. The highest BCUT2D eigenvalue weighted by molar-refractivity contribution is 4.73. The average Bonchev–Trinajstić information content (AvgIpc) is 2.30. The Morgan fingerprint density at radius 1 is 1.29 bits per heavy atom. The van der Waals surface area contributed by atoms with Crippen LogP contribution in [0.3, 0.4) is 0 Å². The van der Waals surface area contributed by atoms with E-state index in [9.17, 15) is 5.11 Å². The lowest BCUT2D eigenvalue weighted by atomic mass is 9.96. The van der Waals surface area contributed by atoms with Crippen molar-refractivity contribution in [2.45, 2.75) is 45.1 Å². The van der Waals surface area contributed by atoms with Crippen molar-refractivity contribution < 1.29 is 5.11 Å². The van der Waals surface area contributed by atoms with Crippen LogP contribution < -0.4 is 0 Å². The second kappa shape index (κ2) is 8.06. The summed E-state index contributed by atoms with van der Waals surface area (Å²) in [4.78, 5) is 4.87. The number of hydrogen-bond donors (Lipinski definition) is 1. The van der Waals surface area contributed by atoms with Crippen LogP contribution >= 0.6 is 0 Å². The summed E-state index contributed by atoms with van der Waals surface area (Å²) >= 11 is 0. The molecule has 0 radical (unpaired) electrons. The SMILES string of the molecule is CCC(O)CCCN1CCC(CN(C)C)CC1. The third-order valence-electron chi connectivity index (χ3n) is 3.81. The molecule has 1 unspecified atom stereocenters. The van der Waals surface area contributed by atoms with Crippen LogP contribution in [0.25, 0.3) is 0 Å². The van der Waals surface area contributed by atoms with Gasteiger partial charge in [0.15, 0.2) is 0 Å². The van der Waals surface area contributed by atoms with Crippen molar-refractivity contribution in [2.75, 3.05) is 40.3 Å². The first-order valence-corrected chi connectivity index (χ1v) is 7.17. The quantitative estimate of drug-likeness (QED) is 0.737. The minimum absolute atomic E-state index is 0.0821. The zero-order chi connectivity index (χ0) is 12.7. The van der Waals surface area contributed by atoms with E-state index in [0.717, 1.165) is 25.2 Å². The van der Waals surface area contributed by atoms with Crippen molar-refractivity contribution >= 4 is 0 Å². The predicted octanol–water partition coefficient (Wildman–Crippen LogP) is 1.81. The Morgan fingerprint density at radius 3 is 2.47 bits per heavy atom. The topological polar surface area (TPSA) is 26.7 Å². The number of nitrogens with zero attached hydrogens (tertiary/aromatic N) is 2. The van der Waals surface area contributed by atoms with Crippen LogP contribution in [0, 0.1) is 5.92 Å². The van der Waals surface area contributed by atoms with Crippen molar-refractivity contribution in [1.29, 1.82) is 0 Å². The van der Waals surface area contributed by atoms with Gasteiger partial charge in [0, 0.05) is 6.54 Å². The molecule has 3 heteroatoms. The molecule has 0 saturated carbocycles. The monoisotopic (exact) mass is 242 g/mol. The minimum Gasteiger partial charge on any atom is -0.393 e. The Hall–Kier alpha value is -0.120. The Labute approximate surface area is 107 Å². The van der Waals surface area contributed by atoms with Gasteiger partial charge in [-0.2, -0.15) is 0 Å². The van der Waals surface area contributed by atoms with Gasteiger partial charge in [0.05, 0.1) is 6.10 Å². The molecule has 1 aliphatic heterocycles. The summed E-state index contributed by atoms with van der Waals surface area (Å²) in [5.41, 5.74) is 0. The van der Waals surface area contributed by atoms with Crippen molar-refractivity contribution in [3.8, 4) is 0 Å². The molecule has 17 heavy (non-hydrogen) atoms. The molecule has 1 atom stereocenters. The maximum atomic E-state index is 9.50. The Balaban J connectivity index is 2.06. The normalized spacial score (nSPS) is 21.0. The molecular formula is C14H30N2O. The number of piperidine rings is 1. The van der Waals surface area contributed by atoms with Gasteiger partial charge in [-0.05, 0) is 71.8 Å². The van der Waals surface area contributed by atoms with Gasteiger partial charge in [-0.25, -0.2) is 0 Å². The number of rotatable bonds is 7. The summed E-state index contributed by atoms with van der Waals surface area (Å²) in [6, 6.07) is 0. The molecule has 3 nitrogen and oxygen atoms in total. The predicted molar refractivity (Wildman–Crippen MR) is 73.2 cm³/mol. The van der Waals surface area contributed by atoms with Crippen LogP contribution in [-0.4, -0.2) is 61.3 Å². The summed E-state index contributed by atoms with van der Waals surface area (Å²) in [5, 5.41) is 9.50. The van der Waals surface area contributed by atoms with E-state index in [4.69, 9.17) is 0 Å². The largest absolute Gasteiger partial charge is 0.393 e. The molecule has 0 amide bonds. The van der Waals surface area contributed by atoms with Gasteiger partial charge >= 0.3 is 0 Å². The lowest BCUT2D eigenvalue weighted by Gasteiger charge is -2.33. The lowest BCUT2D eigenvalue weighted by Crippen LogP contribution is -2.37. The zero-order valence-corrected chi connectivity index (χ0v) is 11.9. The average molecular weight is 242 g/mol. The molecule has 1 fully saturated rings. The summed E-state index contributed by atoms with van der Waals surface area (Å²) in [5.74, 6) is 0.891. The molecule has 0 bridgehead atoms. The van der Waals surface area contributed by atoms with Crippen LogP contribution in [0.2, 0.25) is 0 Å². The maximum absolute atomic E-state index is 9.50. The highest BCUT2D eigenvalue weighted by Crippen LogP contribution is 2.18. The van der Waals surface area contributed by atoms with Crippen LogP contribution in [0.4, 0.5) is 0 Å². The van der Waals surface area contributed by atoms with Crippen LogP contribution in [0.15, 0.2) is 0 Å². The lowest BCUT2D eigenvalue weighted by molar-refractivity contribution is 0.133. The Kier molecular flexibility index (Phi) is 7.09. The van der Waals surface area contributed by atoms with Crippen LogP contribution in [0.1, 0.15) is 39.0 Å².